The van der Waals surface area contributed by atoms with Crippen molar-refractivity contribution in [3.63, 3.8) is 0 Å². The van der Waals surface area contributed by atoms with Crippen LogP contribution in [-0.2, 0) is 14.3 Å². The maximum Gasteiger partial charge on any atom is 0.234 e. The number of rotatable bonds is 8. The summed E-state index contributed by atoms with van der Waals surface area (Å²) in [5.74, 6) is -0.622. The van der Waals surface area contributed by atoms with Gasteiger partial charge in [0.05, 0.1) is 46.3 Å². The minimum absolute atomic E-state index is 0.147. The Morgan fingerprint density at radius 2 is 1.79 bits per heavy atom. The molecule has 5 aliphatic heterocycles. The Morgan fingerprint density at radius 3 is 2.55 bits per heavy atom. The fourth-order valence-corrected chi connectivity index (χ4v) is 10.7. The molecule has 6 aliphatic rings. The molecule has 58 heavy (non-hydrogen) atoms. The monoisotopic (exact) mass is 800 g/mol. The molecule has 10 rings (SSSR count). The zero-order chi connectivity index (χ0) is 39.2. The molecule has 1 aliphatic carbocycles. The van der Waals surface area contributed by atoms with Crippen LogP contribution in [0.1, 0.15) is 56.9 Å². The Morgan fingerprint density at radius 1 is 0.966 bits per heavy atom. The zero-order valence-corrected chi connectivity index (χ0v) is 33.3. The van der Waals surface area contributed by atoms with Gasteiger partial charge in [0, 0.05) is 89.1 Å². The van der Waals surface area contributed by atoms with Gasteiger partial charge in [0.2, 0.25) is 16.9 Å². The van der Waals surface area contributed by atoms with Crippen LogP contribution in [0.2, 0.25) is 0 Å². The molecule has 2 amide bonds. The lowest BCUT2D eigenvalue weighted by Gasteiger charge is -2.57. The number of carbonyl (C=O) groups is 2. The van der Waals surface area contributed by atoms with Crippen LogP contribution in [0, 0.1) is 22.7 Å². The minimum Gasteiger partial charge on any atom is -0.381 e. The highest BCUT2D eigenvalue weighted by atomic mass is 32.1. The van der Waals surface area contributed by atoms with E-state index in [1.54, 1.807) is 17.5 Å². The first kappa shape index (κ1) is 37.1. The first-order chi connectivity index (χ1) is 28.4. The summed E-state index contributed by atoms with van der Waals surface area (Å²) in [7, 11) is 0. The number of anilines is 2. The van der Waals surface area contributed by atoms with Crippen molar-refractivity contribution in [2.75, 3.05) is 62.7 Å². The Bertz CT molecular complexity index is 2300. The van der Waals surface area contributed by atoms with E-state index in [9.17, 15) is 14.9 Å². The molecule has 2 unspecified atom stereocenters. The summed E-state index contributed by atoms with van der Waals surface area (Å²) in [5.41, 5.74) is 6.33. The van der Waals surface area contributed by atoms with E-state index < -0.39 is 0 Å². The molecule has 1 saturated carbocycles. The van der Waals surface area contributed by atoms with E-state index in [0.29, 0.717) is 29.9 Å². The van der Waals surface area contributed by atoms with Gasteiger partial charge in [-0.3, -0.25) is 29.7 Å². The number of hydrogen-bond donors (Lipinski definition) is 3. The van der Waals surface area contributed by atoms with Crippen LogP contribution >= 0.6 is 11.3 Å². The summed E-state index contributed by atoms with van der Waals surface area (Å²) in [5, 5.41) is 34.8. The number of nitrogens with zero attached hydrogens (tertiary/aromatic N) is 9. The molecule has 15 nitrogen and oxygen atoms in total. The summed E-state index contributed by atoms with van der Waals surface area (Å²) in [6, 6.07) is 11.0. The first-order valence-electron chi connectivity index (χ1n) is 20.7. The first-order valence-corrected chi connectivity index (χ1v) is 21.5. The molecule has 4 aromatic heterocycles. The van der Waals surface area contributed by atoms with Crippen LogP contribution in [0.3, 0.4) is 0 Å². The lowest BCUT2D eigenvalue weighted by Crippen LogP contribution is -2.60. The fraction of sp³-hybridized carbons (Fsp3) is 0.500. The summed E-state index contributed by atoms with van der Waals surface area (Å²) < 4.78 is 7.47. The SMILES string of the molecule is N#Cc1cnn2c(-c3cc(NC4CCOCC4)c(-c4nnc(N5CCN(C6CC7(CCN(C8C=CC(C9CCC(=O)NC9=O)=CN8)CC7)C6)CC5)s4)cn3)ccc2c1. The maximum absolute atomic E-state index is 12.3. The predicted molar refractivity (Wildman–Crippen MR) is 220 cm³/mol. The number of amides is 2. The van der Waals surface area contributed by atoms with E-state index >= 15 is 0 Å². The highest BCUT2D eigenvalue weighted by molar-refractivity contribution is 7.18. The molecule has 3 N–H and O–H groups in total. The van der Waals surface area contributed by atoms with E-state index in [1.807, 2.05) is 35.1 Å². The molecule has 4 saturated heterocycles. The van der Waals surface area contributed by atoms with E-state index in [2.05, 4.69) is 60.0 Å². The molecule has 9 heterocycles. The third-order valence-electron chi connectivity index (χ3n) is 13.2. The second kappa shape index (κ2) is 15.5. The zero-order valence-electron chi connectivity index (χ0n) is 32.5. The standard InChI is InChI=1S/C42H48N12O3S/c43-23-27-19-30-2-4-36(54(30)46-24-27)35-20-34(47-29-7-17-57-18-8-29)33(26-44-35)40-49-50-41(58-40)53-15-13-51(14-16-53)31-21-42(22-31)9-11-52(12-10-42)37-5-1-28(25-45-37)32-3-6-38(55)48-39(32)56/h1-2,4-5,19-20,24-26,29,31-32,37,45H,3,6-18,21-22H2,(H,44,47)(H,48,55,56). The largest absolute Gasteiger partial charge is 0.381 e. The lowest BCUT2D eigenvalue weighted by molar-refractivity contribution is -0.135. The number of allylic oxidation sites excluding steroid dienone is 1. The van der Waals surface area contributed by atoms with Crippen LogP contribution in [-0.4, -0.2) is 117 Å². The quantitative estimate of drug-likeness (QED) is 0.218. The summed E-state index contributed by atoms with van der Waals surface area (Å²) in [6.45, 7) is 7.54. The highest BCUT2D eigenvalue weighted by Crippen LogP contribution is 2.51. The van der Waals surface area contributed by atoms with Crippen molar-refractivity contribution >= 4 is 39.5 Å². The van der Waals surface area contributed by atoms with Gasteiger partial charge in [-0.1, -0.05) is 17.4 Å². The van der Waals surface area contributed by atoms with Gasteiger partial charge in [0.1, 0.15) is 6.07 Å². The molecule has 2 atom stereocenters. The average molecular weight is 801 g/mol. The van der Waals surface area contributed by atoms with Crippen molar-refractivity contribution in [3.8, 4) is 28.0 Å². The number of imide groups is 1. The number of nitriles is 1. The van der Waals surface area contributed by atoms with Gasteiger partial charge in [-0.2, -0.15) is 10.4 Å². The van der Waals surface area contributed by atoms with Crippen LogP contribution in [0.5, 0.6) is 0 Å². The van der Waals surface area contributed by atoms with E-state index in [1.165, 1.54) is 25.7 Å². The van der Waals surface area contributed by atoms with Gasteiger partial charge in [0.25, 0.3) is 0 Å². The number of hydrogen-bond acceptors (Lipinski definition) is 14. The number of nitrogens with one attached hydrogen (secondary N) is 3. The van der Waals surface area contributed by atoms with Crippen LogP contribution in [0.4, 0.5) is 10.8 Å². The number of fused-ring (bicyclic) bond motifs is 1. The Kier molecular flexibility index (Phi) is 9.92. The van der Waals surface area contributed by atoms with Crippen molar-refractivity contribution < 1.29 is 14.3 Å². The molecular weight excluding hydrogens is 753 g/mol. The van der Waals surface area contributed by atoms with Gasteiger partial charge in [-0.15, -0.1) is 10.2 Å². The normalized spacial score (nSPS) is 24.6. The predicted octanol–water partition coefficient (Wildman–Crippen LogP) is 4.17. The summed E-state index contributed by atoms with van der Waals surface area (Å²) >= 11 is 1.63. The van der Waals surface area contributed by atoms with Gasteiger partial charge >= 0.3 is 0 Å². The Balaban J connectivity index is 0.741. The van der Waals surface area contributed by atoms with Crippen molar-refractivity contribution in [2.24, 2.45) is 11.3 Å². The fourth-order valence-electron chi connectivity index (χ4n) is 9.76. The number of dihydropyridines is 1. The maximum atomic E-state index is 12.3. The summed E-state index contributed by atoms with van der Waals surface area (Å²) in [6.07, 6.45) is 17.7. The van der Waals surface area contributed by atoms with Gasteiger partial charge in [-0.05, 0) is 86.3 Å². The smallest absolute Gasteiger partial charge is 0.234 e. The van der Waals surface area contributed by atoms with Crippen LogP contribution < -0.4 is 20.9 Å². The van der Waals surface area contributed by atoms with Crippen LogP contribution in [0.15, 0.2) is 60.6 Å². The average Bonchev–Trinajstić information content (AvgIpc) is 3.92. The number of piperazine rings is 1. The molecule has 0 bridgehead atoms. The Hall–Kier alpha value is -5.21. The summed E-state index contributed by atoms with van der Waals surface area (Å²) in [4.78, 5) is 36.4. The second-order valence-electron chi connectivity index (χ2n) is 16.7. The minimum atomic E-state index is -0.255. The van der Waals surface area contributed by atoms with Gasteiger partial charge in [-0.25, -0.2) is 4.52 Å². The van der Waals surface area contributed by atoms with Gasteiger partial charge < -0.3 is 20.3 Å². The van der Waals surface area contributed by atoms with E-state index in [4.69, 9.17) is 19.9 Å². The number of pyridine rings is 1. The number of aromatic nitrogens is 5. The van der Waals surface area contributed by atoms with E-state index in [0.717, 1.165) is 109 Å². The molecule has 5 fully saturated rings. The third-order valence-corrected chi connectivity index (χ3v) is 14.3. The molecule has 0 aromatic carbocycles. The highest BCUT2D eigenvalue weighted by Gasteiger charge is 2.48. The van der Waals surface area contributed by atoms with Crippen LogP contribution in [0.25, 0.3) is 27.5 Å². The van der Waals surface area contributed by atoms with Crippen molar-refractivity contribution in [1.29, 1.82) is 5.26 Å². The Labute approximate surface area is 341 Å². The topological polar surface area (TPSA) is 169 Å². The molecular formula is C42H48N12O3S. The molecule has 0 radical (unpaired) electrons. The van der Waals surface area contributed by atoms with Gasteiger partial charge in [0.15, 0.2) is 5.01 Å². The van der Waals surface area contributed by atoms with E-state index in [-0.39, 0.29) is 29.9 Å². The molecule has 4 aromatic rings. The third kappa shape index (κ3) is 7.25. The molecule has 300 valence electrons. The lowest BCUT2D eigenvalue weighted by atomic mass is 9.60. The number of ether oxygens (including phenoxy) is 1. The van der Waals surface area contributed by atoms with Crippen molar-refractivity contribution in [2.45, 2.75) is 69.6 Å². The number of likely N-dealkylation sites (tertiary alicyclic amines) is 1. The second-order valence-corrected chi connectivity index (χ2v) is 17.6. The number of carbonyl (C=O) groups excluding carboxylic acids is 2. The molecule has 1 spiro atoms. The molecule has 16 heteroatoms. The van der Waals surface area contributed by atoms with Crippen molar-refractivity contribution in [3.05, 3.63) is 66.1 Å². The van der Waals surface area contributed by atoms with Crippen molar-refractivity contribution in [1.82, 2.24) is 45.2 Å². The number of piperidine rings is 2.